The van der Waals surface area contributed by atoms with Crippen molar-refractivity contribution in [3.05, 3.63) is 0 Å². The second-order valence-corrected chi connectivity index (χ2v) is 2.06. The maximum absolute atomic E-state index is 8.62. The summed E-state index contributed by atoms with van der Waals surface area (Å²) in [5.41, 5.74) is 0. The molecule has 0 rings (SSSR count). The Kier molecular flexibility index (Phi) is 5.95. The van der Waals surface area contributed by atoms with E-state index in [-0.39, 0.29) is 25.8 Å². The van der Waals surface area contributed by atoms with Gasteiger partial charge in [0.2, 0.25) is 0 Å². The first kappa shape index (κ1) is 10.4. The Labute approximate surface area is 58.5 Å². The molecule has 0 aromatic carbocycles. The van der Waals surface area contributed by atoms with E-state index in [0.29, 0.717) is 0 Å². The Morgan fingerprint density at radius 2 is 0.833 bits per heavy atom. The summed E-state index contributed by atoms with van der Waals surface area (Å²) in [5, 5.41) is 0. The zero-order valence-corrected chi connectivity index (χ0v) is 7.79. The van der Waals surface area contributed by atoms with Gasteiger partial charge < -0.3 is 0 Å². The van der Waals surface area contributed by atoms with E-state index in [2.05, 4.69) is 0 Å². The second kappa shape index (κ2) is 3.43. The molecule has 0 bridgehead atoms. The fraction of sp³-hybridized carbons (Fsp3) is 0. The topological polar surface area (TPSA) is 92.2 Å². The molecular formula is HfO4Ti. The predicted octanol–water partition coefficient (Wildman–Crippen LogP) is -4.76. The molecular weight excluding hydrogens is 290 g/mol. The summed E-state index contributed by atoms with van der Waals surface area (Å²) in [4.78, 5) is 0. The van der Waals surface area contributed by atoms with E-state index in [4.69, 9.17) is 14.8 Å². The van der Waals surface area contributed by atoms with Crippen molar-refractivity contribution in [2.24, 2.45) is 0 Å². The summed E-state index contributed by atoms with van der Waals surface area (Å²) in [5.74, 6) is 0. The zero-order chi connectivity index (χ0) is 4.50. The van der Waals surface area contributed by atoms with Gasteiger partial charge in [0.25, 0.3) is 0 Å². The van der Waals surface area contributed by atoms with Crippen LogP contribution in [0.1, 0.15) is 0 Å². The summed E-state index contributed by atoms with van der Waals surface area (Å²) < 4.78 is 34.5. The summed E-state index contributed by atoms with van der Waals surface area (Å²) in [6.45, 7) is 0. The van der Waals surface area contributed by atoms with Crippen molar-refractivity contribution >= 4 is 0 Å². The summed E-state index contributed by atoms with van der Waals surface area (Å²) in [6, 6.07) is 0. The van der Waals surface area contributed by atoms with Gasteiger partial charge in [0, 0.05) is 0 Å². The molecule has 0 aliphatic rings. The van der Waals surface area contributed by atoms with Gasteiger partial charge in [-0.15, -0.1) is 0 Å². The van der Waals surface area contributed by atoms with E-state index in [1.165, 1.54) is 0 Å². The van der Waals surface area contributed by atoms with Crippen LogP contribution in [0.3, 0.4) is 0 Å². The summed E-state index contributed by atoms with van der Waals surface area (Å²) >= 11 is -6.00. The third kappa shape index (κ3) is 52.3. The molecule has 0 aromatic heterocycles. The Hall–Kier alpha value is 1.42. The molecule has 0 saturated carbocycles. The molecule has 0 atom stereocenters. The van der Waals surface area contributed by atoms with Crippen LogP contribution in [0.2, 0.25) is 0 Å². The van der Waals surface area contributed by atoms with Gasteiger partial charge in [0.05, 0.1) is 0 Å². The minimum atomic E-state index is -6.00. The van der Waals surface area contributed by atoms with Crippen LogP contribution in [-0.2, 0) is 44.0 Å². The Bertz CT molecular complexity index is 23.0. The fourth-order valence-corrected chi connectivity index (χ4v) is 0. The van der Waals surface area contributed by atoms with Crippen LogP contribution in [0, 0.1) is 0 Å². The van der Waals surface area contributed by atoms with Crippen LogP contribution in [0.4, 0.5) is 0 Å². The molecule has 6 heteroatoms. The van der Waals surface area contributed by atoms with E-state index in [1.807, 2.05) is 0 Å². The van der Waals surface area contributed by atoms with Gasteiger partial charge in [-0.1, -0.05) is 0 Å². The Balaban J connectivity index is 0. The maximum atomic E-state index is 8.62. The van der Waals surface area contributed by atoms with Gasteiger partial charge in [-0.3, -0.25) is 0 Å². The van der Waals surface area contributed by atoms with Gasteiger partial charge >= 0.3 is 58.7 Å². The van der Waals surface area contributed by atoms with Crippen LogP contribution in [0.15, 0.2) is 0 Å². The first-order valence-electron chi connectivity index (χ1n) is 0.816. The van der Waals surface area contributed by atoms with Gasteiger partial charge in [-0.25, -0.2) is 0 Å². The second-order valence-electron chi connectivity index (χ2n) is 0.500. The molecule has 0 heterocycles. The molecule has 0 N–H and O–H groups in total. The first-order chi connectivity index (χ1) is 2.00. The molecule has 32 valence electrons. The molecule has 6 heavy (non-hydrogen) atoms. The zero-order valence-electron chi connectivity index (χ0n) is 2.63. The third-order valence-corrected chi connectivity index (χ3v) is 0. The minimum absolute atomic E-state index is 0. The van der Waals surface area contributed by atoms with Crippen molar-refractivity contribution in [2.45, 2.75) is 0 Å². The SMILES string of the molecule is [Hf+4].[O-][Ti]([O-])([O-])[O-]. The molecule has 0 unspecified atom stereocenters. The van der Waals surface area contributed by atoms with Crippen LogP contribution in [-0.4, -0.2) is 0 Å². The van der Waals surface area contributed by atoms with E-state index in [9.17, 15) is 0 Å². The fourth-order valence-electron chi connectivity index (χ4n) is 0. The molecule has 0 amide bonds. The molecule has 0 saturated heterocycles. The standard InChI is InChI=1S/Hf.4O.Ti/q+4;4*-1;. The van der Waals surface area contributed by atoms with Gasteiger partial charge in [0.1, 0.15) is 0 Å². The van der Waals surface area contributed by atoms with Crippen molar-refractivity contribution in [1.29, 1.82) is 0 Å². The molecule has 0 fully saturated rings. The first-order valence-corrected chi connectivity index (χ1v) is 3.37. The van der Waals surface area contributed by atoms with Crippen molar-refractivity contribution in [1.82, 2.24) is 0 Å². The Morgan fingerprint density at radius 3 is 0.833 bits per heavy atom. The molecule has 4 nitrogen and oxygen atoms in total. The van der Waals surface area contributed by atoms with E-state index in [0.717, 1.165) is 0 Å². The van der Waals surface area contributed by atoms with E-state index in [1.54, 1.807) is 0 Å². The molecule has 0 aliphatic carbocycles. The van der Waals surface area contributed by atoms with Crippen molar-refractivity contribution in [3.8, 4) is 0 Å². The summed E-state index contributed by atoms with van der Waals surface area (Å²) in [6.07, 6.45) is 0. The van der Waals surface area contributed by atoms with Gasteiger partial charge in [-0.2, -0.15) is 0 Å². The van der Waals surface area contributed by atoms with E-state index < -0.39 is 18.1 Å². The normalized spacial score (nSPS) is 10.0. The predicted molar refractivity (Wildman–Crippen MR) is 0 cm³/mol. The van der Waals surface area contributed by atoms with Crippen molar-refractivity contribution in [2.75, 3.05) is 0 Å². The van der Waals surface area contributed by atoms with Crippen LogP contribution in [0.25, 0.3) is 0 Å². The molecule has 0 aromatic rings. The van der Waals surface area contributed by atoms with Crippen molar-refractivity contribution < 1.29 is 58.7 Å². The average molecular weight is 290 g/mol. The molecule has 0 aliphatic heterocycles. The number of rotatable bonds is 0. The molecule has 0 spiro atoms. The third-order valence-electron chi connectivity index (χ3n) is 0. The van der Waals surface area contributed by atoms with Crippen LogP contribution >= 0.6 is 0 Å². The number of hydrogen-bond donors (Lipinski definition) is 0. The van der Waals surface area contributed by atoms with Crippen molar-refractivity contribution in [3.63, 3.8) is 0 Å². The monoisotopic (exact) mass is 292 g/mol. The van der Waals surface area contributed by atoms with Crippen LogP contribution < -0.4 is 14.8 Å². The van der Waals surface area contributed by atoms with Crippen LogP contribution in [0.5, 0.6) is 0 Å². The van der Waals surface area contributed by atoms with E-state index >= 15 is 0 Å². The Morgan fingerprint density at radius 1 is 0.833 bits per heavy atom. The molecule has 0 radical (unpaired) electrons. The quantitative estimate of drug-likeness (QED) is 0.419. The van der Waals surface area contributed by atoms with Gasteiger partial charge in [0.15, 0.2) is 0 Å². The average Bonchev–Trinajstić information content (AvgIpc) is 0.722. The summed E-state index contributed by atoms with van der Waals surface area (Å²) in [7, 11) is 0. The van der Waals surface area contributed by atoms with Gasteiger partial charge in [-0.05, 0) is 0 Å². The number of hydrogen-bond acceptors (Lipinski definition) is 4.